The third kappa shape index (κ3) is 4.25. The van der Waals surface area contributed by atoms with E-state index in [-0.39, 0.29) is 0 Å². The van der Waals surface area contributed by atoms with Crippen LogP contribution in [0.2, 0.25) is 0 Å². The molecule has 1 N–H and O–H groups in total. The molecule has 1 aromatic heterocycles. The lowest BCUT2D eigenvalue weighted by molar-refractivity contribution is 0.210. The van der Waals surface area contributed by atoms with Gasteiger partial charge < -0.3 is 19.9 Å². The fourth-order valence-corrected chi connectivity index (χ4v) is 3.31. The molecule has 0 bridgehead atoms. The molecular formula is C20H29N5O. The van der Waals surface area contributed by atoms with Crippen molar-refractivity contribution in [2.45, 2.75) is 20.8 Å². The summed E-state index contributed by atoms with van der Waals surface area (Å²) < 4.78 is 5.08. The van der Waals surface area contributed by atoms with Gasteiger partial charge in [0.1, 0.15) is 5.82 Å². The second-order valence-electron chi connectivity index (χ2n) is 6.80. The van der Waals surface area contributed by atoms with E-state index in [0.29, 0.717) is 19.1 Å². The van der Waals surface area contributed by atoms with Gasteiger partial charge >= 0.3 is 0 Å². The van der Waals surface area contributed by atoms with Gasteiger partial charge in [-0.1, -0.05) is 12.1 Å². The average Bonchev–Trinajstić information content (AvgIpc) is 2.64. The Morgan fingerprint density at radius 2 is 1.77 bits per heavy atom. The summed E-state index contributed by atoms with van der Waals surface area (Å²) in [5.74, 6) is 1.67. The smallest absolute Gasteiger partial charge is 0.224 e. The van der Waals surface area contributed by atoms with Gasteiger partial charge in [-0.2, -0.15) is 4.98 Å². The number of nitrogens with zero attached hydrogens (tertiary/aromatic N) is 4. The molecule has 0 aliphatic carbocycles. The highest BCUT2D eigenvalue weighted by Crippen LogP contribution is 2.25. The molecule has 140 valence electrons. The first-order valence-corrected chi connectivity index (χ1v) is 9.23. The summed E-state index contributed by atoms with van der Waals surface area (Å²) in [6.45, 7) is 11.7. The minimum Gasteiger partial charge on any atom is -0.383 e. The van der Waals surface area contributed by atoms with E-state index in [9.17, 15) is 0 Å². The van der Waals surface area contributed by atoms with E-state index in [1.165, 1.54) is 16.8 Å². The molecule has 0 spiro atoms. The third-order valence-corrected chi connectivity index (χ3v) is 4.95. The van der Waals surface area contributed by atoms with Gasteiger partial charge in [0.05, 0.1) is 6.61 Å². The molecule has 1 saturated heterocycles. The van der Waals surface area contributed by atoms with Gasteiger partial charge in [0.15, 0.2) is 0 Å². The number of piperazine rings is 1. The quantitative estimate of drug-likeness (QED) is 0.804. The summed E-state index contributed by atoms with van der Waals surface area (Å²) in [7, 11) is 1.69. The molecule has 0 amide bonds. The molecule has 0 saturated carbocycles. The Bertz CT molecular complexity index is 741. The van der Waals surface area contributed by atoms with Crippen LogP contribution in [0.25, 0.3) is 0 Å². The van der Waals surface area contributed by atoms with Crippen molar-refractivity contribution in [3.05, 3.63) is 41.1 Å². The Balaban J connectivity index is 1.67. The largest absolute Gasteiger partial charge is 0.383 e. The zero-order chi connectivity index (χ0) is 18.5. The van der Waals surface area contributed by atoms with Gasteiger partial charge in [-0.25, -0.2) is 4.98 Å². The Labute approximate surface area is 156 Å². The van der Waals surface area contributed by atoms with Crippen LogP contribution in [0.15, 0.2) is 24.3 Å². The standard InChI is InChI=1S/C20H29N5O/c1-15-6-5-7-18(17(15)3)24-9-11-25(12-10-24)19-14-16(2)22-20(23-19)21-8-13-26-4/h5-7,14H,8-13H2,1-4H3,(H,21,22,23). The minimum atomic E-state index is 0.640. The zero-order valence-corrected chi connectivity index (χ0v) is 16.2. The summed E-state index contributed by atoms with van der Waals surface area (Å²) in [5.41, 5.74) is 5.06. The van der Waals surface area contributed by atoms with Crippen molar-refractivity contribution in [2.75, 3.05) is 61.6 Å². The van der Waals surface area contributed by atoms with E-state index in [1.54, 1.807) is 7.11 Å². The van der Waals surface area contributed by atoms with Crippen molar-refractivity contribution in [3.63, 3.8) is 0 Å². The Kier molecular flexibility index (Phi) is 5.93. The van der Waals surface area contributed by atoms with Crippen LogP contribution in [0, 0.1) is 20.8 Å². The van der Waals surface area contributed by atoms with Crippen molar-refractivity contribution in [3.8, 4) is 0 Å². The number of hydrogen-bond donors (Lipinski definition) is 1. The first kappa shape index (κ1) is 18.5. The lowest BCUT2D eigenvalue weighted by Crippen LogP contribution is -2.47. The van der Waals surface area contributed by atoms with Crippen LogP contribution in [0.5, 0.6) is 0 Å². The molecule has 1 fully saturated rings. The number of ether oxygens (including phenoxy) is 1. The Hall–Kier alpha value is -2.34. The first-order chi connectivity index (χ1) is 12.6. The number of rotatable bonds is 6. The second-order valence-corrected chi connectivity index (χ2v) is 6.80. The number of aromatic nitrogens is 2. The highest BCUT2D eigenvalue weighted by atomic mass is 16.5. The van der Waals surface area contributed by atoms with Gasteiger partial charge in [-0.05, 0) is 38.0 Å². The normalized spacial score (nSPS) is 14.6. The van der Waals surface area contributed by atoms with Crippen LogP contribution in [-0.2, 0) is 4.74 Å². The first-order valence-electron chi connectivity index (χ1n) is 9.23. The maximum absolute atomic E-state index is 5.08. The summed E-state index contributed by atoms with van der Waals surface area (Å²) in [6, 6.07) is 8.62. The second kappa shape index (κ2) is 8.36. The third-order valence-electron chi connectivity index (χ3n) is 4.95. The number of hydrogen-bond acceptors (Lipinski definition) is 6. The van der Waals surface area contributed by atoms with E-state index >= 15 is 0 Å². The van der Waals surface area contributed by atoms with Crippen molar-refractivity contribution < 1.29 is 4.74 Å². The average molecular weight is 355 g/mol. The molecule has 3 rings (SSSR count). The molecule has 26 heavy (non-hydrogen) atoms. The molecule has 0 unspecified atom stereocenters. The van der Waals surface area contributed by atoms with Gasteiger partial charge in [-0.3, -0.25) is 0 Å². The maximum atomic E-state index is 5.08. The number of aryl methyl sites for hydroxylation is 2. The van der Waals surface area contributed by atoms with Crippen molar-refractivity contribution in [1.82, 2.24) is 9.97 Å². The van der Waals surface area contributed by atoms with Gasteiger partial charge in [0.2, 0.25) is 5.95 Å². The van der Waals surface area contributed by atoms with E-state index < -0.39 is 0 Å². The Morgan fingerprint density at radius 3 is 2.50 bits per heavy atom. The highest BCUT2D eigenvalue weighted by Gasteiger charge is 2.20. The van der Waals surface area contributed by atoms with E-state index in [2.05, 4.69) is 63.2 Å². The van der Waals surface area contributed by atoms with Crippen LogP contribution in [0.4, 0.5) is 17.5 Å². The molecule has 2 aromatic rings. The van der Waals surface area contributed by atoms with Crippen molar-refractivity contribution >= 4 is 17.5 Å². The summed E-state index contributed by atoms with van der Waals surface area (Å²) in [5, 5.41) is 3.23. The highest BCUT2D eigenvalue weighted by molar-refractivity contribution is 5.57. The Morgan fingerprint density at radius 1 is 1.04 bits per heavy atom. The molecule has 1 aliphatic rings. The summed E-state index contributed by atoms with van der Waals surface area (Å²) >= 11 is 0. The van der Waals surface area contributed by atoms with Crippen LogP contribution in [0.3, 0.4) is 0 Å². The monoisotopic (exact) mass is 355 g/mol. The van der Waals surface area contributed by atoms with Crippen LogP contribution < -0.4 is 15.1 Å². The zero-order valence-electron chi connectivity index (χ0n) is 16.2. The molecule has 6 nitrogen and oxygen atoms in total. The van der Waals surface area contributed by atoms with Crippen molar-refractivity contribution in [2.24, 2.45) is 0 Å². The number of anilines is 3. The predicted octanol–water partition coefficient (Wildman–Crippen LogP) is 2.79. The fourth-order valence-electron chi connectivity index (χ4n) is 3.31. The minimum absolute atomic E-state index is 0.640. The molecule has 1 aromatic carbocycles. The van der Waals surface area contributed by atoms with E-state index in [0.717, 1.165) is 37.7 Å². The molecular weight excluding hydrogens is 326 g/mol. The number of nitrogens with one attached hydrogen (secondary N) is 1. The SMILES string of the molecule is COCCNc1nc(C)cc(N2CCN(c3cccc(C)c3C)CC2)n1. The molecule has 1 aliphatic heterocycles. The predicted molar refractivity (Wildman–Crippen MR) is 107 cm³/mol. The summed E-state index contributed by atoms with van der Waals surface area (Å²) in [6.07, 6.45) is 0. The molecule has 2 heterocycles. The van der Waals surface area contributed by atoms with Gasteiger partial charge in [-0.15, -0.1) is 0 Å². The van der Waals surface area contributed by atoms with Crippen LogP contribution in [0.1, 0.15) is 16.8 Å². The molecule has 0 atom stereocenters. The summed E-state index contributed by atoms with van der Waals surface area (Å²) in [4.78, 5) is 14.0. The lowest BCUT2D eigenvalue weighted by Gasteiger charge is -2.37. The van der Waals surface area contributed by atoms with Crippen LogP contribution >= 0.6 is 0 Å². The lowest BCUT2D eigenvalue weighted by atomic mass is 10.1. The number of benzene rings is 1. The fraction of sp³-hybridized carbons (Fsp3) is 0.500. The van der Waals surface area contributed by atoms with E-state index in [4.69, 9.17) is 4.74 Å². The molecule has 0 radical (unpaired) electrons. The van der Waals surface area contributed by atoms with Gasteiger partial charge in [0, 0.05) is 57.3 Å². The van der Waals surface area contributed by atoms with Crippen molar-refractivity contribution in [1.29, 1.82) is 0 Å². The number of methoxy groups -OCH3 is 1. The van der Waals surface area contributed by atoms with Gasteiger partial charge in [0.25, 0.3) is 0 Å². The topological polar surface area (TPSA) is 53.5 Å². The molecule has 6 heteroatoms. The van der Waals surface area contributed by atoms with E-state index in [1.807, 2.05) is 6.92 Å². The maximum Gasteiger partial charge on any atom is 0.224 e. The van der Waals surface area contributed by atoms with Crippen LogP contribution in [-0.4, -0.2) is 56.4 Å².